The number of nitriles is 2. The van der Waals surface area contributed by atoms with Crippen molar-refractivity contribution in [3.8, 4) is 12.1 Å². The van der Waals surface area contributed by atoms with Gasteiger partial charge in [-0.25, -0.2) is 0 Å². The van der Waals surface area contributed by atoms with Crippen LogP contribution < -0.4 is 5.73 Å². The number of hydrogen-bond acceptors (Lipinski definition) is 4. The Labute approximate surface area is 84.6 Å². The summed E-state index contributed by atoms with van der Waals surface area (Å²) in [6.07, 6.45) is 0. The minimum Gasteiger partial charge on any atom is -0.398 e. The molecule has 0 aliphatic heterocycles. The molecule has 0 atom stereocenters. The van der Waals surface area contributed by atoms with Crippen molar-refractivity contribution in [2.45, 2.75) is 0 Å². The van der Waals surface area contributed by atoms with Crippen LogP contribution in [0.3, 0.4) is 0 Å². The molecule has 0 fully saturated rings. The highest BCUT2D eigenvalue weighted by Crippen LogP contribution is 2.29. The van der Waals surface area contributed by atoms with Gasteiger partial charge in [-0.2, -0.15) is 10.5 Å². The van der Waals surface area contributed by atoms with Crippen LogP contribution in [0.2, 0.25) is 0 Å². The highest BCUT2D eigenvalue weighted by Gasteiger charge is 2.06. The summed E-state index contributed by atoms with van der Waals surface area (Å²) in [5, 5.41) is 20.1. The topological polar surface area (TPSA) is 73.6 Å². The molecule has 2 aromatic rings. The molecule has 0 saturated heterocycles. The Morgan fingerprint density at radius 3 is 2.50 bits per heavy atom. The smallest absolute Gasteiger partial charge is 0.101 e. The van der Waals surface area contributed by atoms with Gasteiger partial charge in [0.1, 0.15) is 12.1 Å². The summed E-state index contributed by atoms with van der Waals surface area (Å²) >= 11 is 1.45. The van der Waals surface area contributed by atoms with E-state index in [0.717, 1.165) is 10.1 Å². The lowest BCUT2D eigenvalue weighted by Crippen LogP contribution is -1.89. The Morgan fingerprint density at radius 1 is 1.14 bits per heavy atom. The fraction of sp³-hybridized carbons (Fsp3) is 0. The molecule has 1 heterocycles. The molecule has 0 aliphatic rings. The lowest BCUT2D eigenvalue weighted by atomic mass is 10.1. The summed E-state index contributed by atoms with van der Waals surface area (Å²) in [5.74, 6) is 0. The maximum absolute atomic E-state index is 8.79. The zero-order valence-electron chi connectivity index (χ0n) is 7.11. The average molecular weight is 199 g/mol. The van der Waals surface area contributed by atoms with Crippen LogP contribution >= 0.6 is 11.3 Å². The zero-order valence-corrected chi connectivity index (χ0v) is 7.93. The third-order valence-electron chi connectivity index (χ3n) is 1.99. The van der Waals surface area contributed by atoms with Gasteiger partial charge >= 0.3 is 0 Å². The van der Waals surface area contributed by atoms with Crippen LogP contribution in [0.25, 0.3) is 10.1 Å². The Bertz CT molecular complexity index is 584. The number of thiophene rings is 1. The molecule has 0 saturated carbocycles. The standard InChI is InChI=1S/C10H5N3S/c11-3-6-1-10-8(2-9(6)13)7(4-12)5-14-10/h1-2,5H,13H2. The number of rotatable bonds is 0. The first-order valence-electron chi connectivity index (χ1n) is 3.87. The van der Waals surface area contributed by atoms with Gasteiger partial charge in [-0.1, -0.05) is 0 Å². The minimum absolute atomic E-state index is 0.426. The average Bonchev–Trinajstić information content (AvgIpc) is 2.58. The quantitative estimate of drug-likeness (QED) is 0.661. The van der Waals surface area contributed by atoms with Crippen molar-refractivity contribution in [1.82, 2.24) is 0 Å². The van der Waals surface area contributed by atoms with Crippen molar-refractivity contribution in [3.05, 3.63) is 28.6 Å². The molecule has 0 radical (unpaired) electrons. The van der Waals surface area contributed by atoms with E-state index in [4.69, 9.17) is 16.3 Å². The van der Waals surface area contributed by atoms with Crippen LogP contribution in [-0.2, 0) is 0 Å². The highest BCUT2D eigenvalue weighted by atomic mass is 32.1. The van der Waals surface area contributed by atoms with E-state index in [1.165, 1.54) is 11.3 Å². The first kappa shape index (κ1) is 8.55. The largest absolute Gasteiger partial charge is 0.398 e. The first-order chi connectivity index (χ1) is 6.76. The van der Waals surface area contributed by atoms with Gasteiger partial charge in [0.2, 0.25) is 0 Å². The van der Waals surface area contributed by atoms with Crippen molar-refractivity contribution in [2.75, 3.05) is 5.73 Å². The van der Waals surface area contributed by atoms with Crippen molar-refractivity contribution < 1.29 is 0 Å². The van der Waals surface area contributed by atoms with Crippen molar-refractivity contribution in [3.63, 3.8) is 0 Å². The molecule has 1 aromatic carbocycles. The van der Waals surface area contributed by atoms with E-state index in [0.29, 0.717) is 16.8 Å². The number of hydrogen-bond donors (Lipinski definition) is 1. The van der Waals surface area contributed by atoms with Crippen LogP contribution in [0.5, 0.6) is 0 Å². The number of nitrogens with two attached hydrogens (primary N) is 1. The second kappa shape index (κ2) is 3.02. The highest BCUT2D eigenvalue weighted by molar-refractivity contribution is 7.17. The van der Waals surface area contributed by atoms with E-state index >= 15 is 0 Å². The molecule has 0 aliphatic carbocycles. The summed E-state index contributed by atoms with van der Waals surface area (Å²) < 4.78 is 0.923. The van der Waals surface area contributed by atoms with Gasteiger partial charge in [0.05, 0.1) is 16.8 Å². The maximum Gasteiger partial charge on any atom is 0.101 e. The van der Waals surface area contributed by atoms with Gasteiger partial charge in [-0.15, -0.1) is 11.3 Å². The number of anilines is 1. The summed E-state index contributed by atoms with van der Waals surface area (Å²) in [5.41, 5.74) is 7.15. The molecule has 0 amide bonds. The molecule has 3 nitrogen and oxygen atoms in total. The fourth-order valence-corrected chi connectivity index (χ4v) is 2.18. The van der Waals surface area contributed by atoms with E-state index in [1.807, 2.05) is 6.07 Å². The number of benzene rings is 1. The Morgan fingerprint density at radius 2 is 1.86 bits per heavy atom. The number of fused-ring (bicyclic) bond motifs is 1. The van der Waals surface area contributed by atoms with Gasteiger partial charge in [0.15, 0.2) is 0 Å². The third-order valence-corrected chi connectivity index (χ3v) is 2.93. The second-order valence-electron chi connectivity index (χ2n) is 2.81. The van der Waals surface area contributed by atoms with Gasteiger partial charge < -0.3 is 5.73 Å². The molecule has 4 heteroatoms. The monoisotopic (exact) mass is 199 g/mol. The van der Waals surface area contributed by atoms with Crippen molar-refractivity contribution >= 4 is 27.1 Å². The Balaban J connectivity index is 2.85. The van der Waals surface area contributed by atoms with E-state index in [1.54, 1.807) is 17.5 Å². The maximum atomic E-state index is 8.79. The van der Waals surface area contributed by atoms with Crippen LogP contribution in [0, 0.1) is 22.7 Å². The van der Waals surface area contributed by atoms with Crippen LogP contribution in [0.1, 0.15) is 11.1 Å². The van der Waals surface area contributed by atoms with E-state index in [2.05, 4.69) is 6.07 Å². The van der Waals surface area contributed by atoms with Crippen LogP contribution in [-0.4, -0.2) is 0 Å². The summed E-state index contributed by atoms with van der Waals surface area (Å²) in [7, 11) is 0. The molecule has 1 aromatic heterocycles. The predicted molar refractivity (Wildman–Crippen MR) is 55.7 cm³/mol. The number of nitrogens with zero attached hydrogens (tertiary/aromatic N) is 2. The normalized spacial score (nSPS) is 9.57. The van der Waals surface area contributed by atoms with E-state index in [-0.39, 0.29) is 0 Å². The molecule has 0 bridgehead atoms. The van der Waals surface area contributed by atoms with Gasteiger partial charge in [0.25, 0.3) is 0 Å². The van der Waals surface area contributed by atoms with Gasteiger partial charge in [-0.05, 0) is 12.1 Å². The minimum atomic E-state index is 0.426. The lowest BCUT2D eigenvalue weighted by molar-refractivity contribution is 1.49. The molecular formula is C10H5N3S. The van der Waals surface area contributed by atoms with Crippen molar-refractivity contribution in [2.24, 2.45) is 0 Å². The van der Waals surface area contributed by atoms with Crippen molar-refractivity contribution in [1.29, 1.82) is 10.5 Å². The summed E-state index contributed by atoms with van der Waals surface area (Å²) in [6, 6.07) is 7.50. The zero-order chi connectivity index (χ0) is 10.1. The lowest BCUT2D eigenvalue weighted by Gasteiger charge is -1.96. The molecule has 0 spiro atoms. The first-order valence-corrected chi connectivity index (χ1v) is 4.75. The Kier molecular flexibility index (Phi) is 1.85. The Hall–Kier alpha value is -2.04. The SMILES string of the molecule is N#Cc1cc2scc(C#N)c2cc1N. The second-order valence-corrected chi connectivity index (χ2v) is 3.72. The van der Waals surface area contributed by atoms with E-state index < -0.39 is 0 Å². The molecule has 2 N–H and O–H groups in total. The van der Waals surface area contributed by atoms with Crippen LogP contribution in [0.4, 0.5) is 5.69 Å². The number of nitrogen functional groups attached to an aromatic ring is 1. The molecular weight excluding hydrogens is 194 g/mol. The predicted octanol–water partition coefficient (Wildman–Crippen LogP) is 2.23. The summed E-state index contributed by atoms with van der Waals surface area (Å²) in [4.78, 5) is 0. The fourth-order valence-electron chi connectivity index (χ4n) is 1.27. The van der Waals surface area contributed by atoms with Crippen LogP contribution in [0.15, 0.2) is 17.5 Å². The molecule has 0 unspecified atom stereocenters. The molecule has 66 valence electrons. The summed E-state index contributed by atoms with van der Waals surface area (Å²) in [6.45, 7) is 0. The van der Waals surface area contributed by atoms with E-state index in [9.17, 15) is 0 Å². The van der Waals surface area contributed by atoms with Gasteiger partial charge in [-0.3, -0.25) is 0 Å². The van der Waals surface area contributed by atoms with Gasteiger partial charge in [0, 0.05) is 15.5 Å². The molecule has 14 heavy (non-hydrogen) atoms. The third kappa shape index (κ3) is 1.10. The molecule has 2 rings (SSSR count).